The van der Waals surface area contributed by atoms with Crippen LogP contribution < -0.4 is 15.5 Å². The summed E-state index contributed by atoms with van der Waals surface area (Å²) in [7, 11) is 0. The molecule has 1 aliphatic rings. The van der Waals surface area contributed by atoms with Crippen molar-refractivity contribution in [2.45, 2.75) is 12.8 Å². The normalized spacial score (nSPS) is 13.4. The summed E-state index contributed by atoms with van der Waals surface area (Å²) >= 11 is 0. The van der Waals surface area contributed by atoms with E-state index in [0.29, 0.717) is 68.1 Å². The number of rotatable bonds is 7. The van der Waals surface area contributed by atoms with Gasteiger partial charge in [0.1, 0.15) is 12.1 Å². The molecule has 164 valence electrons. The molecule has 10 heteroatoms. The zero-order chi connectivity index (χ0) is 22.2. The monoisotopic (exact) mass is 433 g/mol. The van der Waals surface area contributed by atoms with Gasteiger partial charge in [0.25, 0.3) is 0 Å². The van der Waals surface area contributed by atoms with E-state index in [4.69, 9.17) is 4.74 Å². The molecule has 0 unspecified atom stereocenters. The van der Waals surface area contributed by atoms with Gasteiger partial charge in [0.2, 0.25) is 5.95 Å². The molecule has 1 saturated heterocycles. The molecule has 3 aromatic rings. The lowest BCUT2D eigenvalue weighted by Gasteiger charge is -2.27. The Hall–Kier alpha value is -3.92. The number of carbonyl (C=O) groups excluding carboxylic acids is 2. The smallest absolute Gasteiger partial charge is 0.323 e. The summed E-state index contributed by atoms with van der Waals surface area (Å²) in [4.78, 5) is 42.7. The quantitative estimate of drug-likeness (QED) is 0.545. The molecule has 10 nitrogen and oxygen atoms in total. The van der Waals surface area contributed by atoms with E-state index < -0.39 is 0 Å². The number of carbonyl (C=O) groups is 2. The Morgan fingerprint density at radius 3 is 2.34 bits per heavy atom. The highest BCUT2D eigenvalue weighted by Crippen LogP contribution is 2.21. The fraction of sp³-hybridized carbons (Fsp3) is 0.273. The van der Waals surface area contributed by atoms with E-state index in [0.717, 1.165) is 11.8 Å². The minimum Gasteiger partial charge on any atom is -0.378 e. The summed E-state index contributed by atoms with van der Waals surface area (Å²) in [5, 5.41) is 5.53. The Morgan fingerprint density at radius 2 is 1.66 bits per heavy atom. The van der Waals surface area contributed by atoms with Crippen molar-refractivity contribution in [1.82, 2.24) is 19.9 Å². The maximum Gasteiger partial charge on any atom is 0.323 e. The molecule has 4 rings (SSSR count). The number of amides is 2. The number of nitrogens with zero attached hydrogens (tertiary/aromatic N) is 5. The molecule has 0 aliphatic carbocycles. The van der Waals surface area contributed by atoms with Gasteiger partial charge in [-0.2, -0.15) is 9.97 Å². The largest absolute Gasteiger partial charge is 0.378 e. The van der Waals surface area contributed by atoms with E-state index in [1.54, 1.807) is 36.7 Å². The van der Waals surface area contributed by atoms with Crippen molar-refractivity contribution in [3.8, 4) is 11.4 Å². The van der Waals surface area contributed by atoms with Crippen LogP contribution in [0.5, 0.6) is 0 Å². The number of hydrogen-bond acceptors (Lipinski definition) is 8. The summed E-state index contributed by atoms with van der Waals surface area (Å²) in [6, 6.07) is 10.3. The van der Waals surface area contributed by atoms with Crippen LogP contribution in [0.3, 0.4) is 0 Å². The van der Waals surface area contributed by atoms with E-state index in [-0.39, 0.29) is 6.03 Å². The van der Waals surface area contributed by atoms with E-state index in [9.17, 15) is 9.59 Å². The summed E-state index contributed by atoms with van der Waals surface area (Å²) < 4.78 is 5.41. The number of aldehydes is 1. The average molecular weight is 433 g/mol. The lowest BCUT2D eigenvalue weighted by Crippen LogP contribution is -2.37. The van der Waals surface area contributed by atoms with Crippen molar-refractivity contribution in [3.05, 3.63) is 54.6 Å². The molecule has 0 radical (unpaired) electrons. The number of morpholine rings is 1. The third kappa shape index (κ3) is 5.61. The van der Waals surface area contributed by atoms with Gasteiger partial charge in [-0.3, -0.25) is 4.98 Å². The molecule has 32 heavy (non-hydrogen) atoms. The number of hydrogen-bond donors (Lipinski definition) is 2. The van der Waals surface area contributed by atoms with Crippen molar-refractivity contribution in [3.63, 3.8) is 0 Å². The standard InChI is InChI=1S/C22H23N7O3/c30-13-1-2-19-26-20(28-21(27-19)29-11-14-32-15-12-29)16-3-5-17(6-4-16)24-22(31)25-18-7-9-23-10-8-18/h3-10,13H,1-2,11-12,14-15H2,(H2,23,24,25,31). The molecular formula is C22H23N7O3. The van der Waals surface area contributed by atoms with E-state index >= 15 is 0 Å². The van der Waals surface area contributed by atoms with Gasteiger partial charge in [-0.25, -0.2) is 9.78 Å². The van der Waals surface area contributed by atoms with Crippen LogP contribution in [-0.2, 0) is 16.0 Å². The minimum absolute atomic E-state index is 0.349. The van der Waals surface area contributed by atoms with Crippen LogP contribution in [0.2, 0.25) is 0 Å². The van der Waals surface area contributed by atoms with Gasteiger partial charge in [0.15, 0.2) is 5.82 Å². The number of ether oxygens (including phenoxy) is 1. The Balaban J connectivity index is 1.50. The summed E-state index contributed by atoms with van der Waals surface area (Å²) in [5.41, 5.74) is 2.07. The predicted molar refractivity (Wildman–Crippen MR) is 120 cm³/mol. The Labute approximate surface area is 185 Å². The third-order valence-corrected chi connectivity index (χ3v) is 4.79. The summed E-state index contributed by atoms with van der Waals surface area (Å²) in [6.45, 7) is 2.64. The Morgan fingerprint density at radius 1 is 0.969 bits per heavy atom. The molecule has 2 N–H and O–H groups in total. The van der Waals surface area contributed by atoms with Gasteiger partial charge in [-0.1, -0.05) is 0 Å². The fourth-order valence-corrected chi connectivity index (χ4v) is 3.17. The molecular weight excluding hydrogens is 410 g/mol. The molecule has 1 aliphatic heterocycles. The molecule has 1 aromatic carbocycles. The van der Waals surface area contributed by atoms with Gasteiger partial charge < -0.3 is 25.1 Å². The highest BCUT2D eigenvalue weighted by atomic mass is 16.5. The number of benzene rings is 1. The molecule has 0 spiro atoms. The summed E-state index contributed by atoms with van der Waals surface area (Å²) in [6.07, 6.45) is 4.86. The first-order valence-corrected chi connectivity index (χ1v) is 10.3. The molecule has 2 aromatic heterocycles. The van der Waals surface area contributed by atoms with Crippen LogP contribution in [-0.4, -0.2) is 58.6 Å². The maximum absolute atomic E-state index is 12.2. The minimum atomic E-state index is -0.352. The number of nitrogens with one attached hydrogen (secondary N) is 2. The summed E-state index contributed by atoms with van der Waals surface area (Å²) in [5.74, 6) is 1.68. The first-order chi connectivity index (χ1) is 15.7. The zero-order valence-electron chi connectivity index (χ0n) is 17.4. The van der Waals surface area contributed by atoms with Crippen LogP contribution >= 0.6 is 0 Å². The maximum atomic E-state index is 12.2. The van der Waals surface area contributed by atoms with E-state index in [1.807, 2.05) is 12.1 Å². The second kappa shape index (κ2) is 10.4. The topological polar surface area (TPSA) is 122 Å². The second-order valence-electron chi connectivity index (χ2n) is 7.07. The molecule has 0 saturated carbocycles. The predicted octanol–water partition coefficient (Wildman–Crippen LogP) is 2.55. The van der Waals surface area contributed by atoms with Gasteiger partial charge in [-0.15, -0.1) is 0 Å². The van der Waals surface area contributed by atoms with Crippen molar-refractivity contribution in [1.29, 1.82) is 0 Å². The van der Waals surface area contributed by atoms with Gasteiger partial charge >= 0.3 is 6.03 Å². The van der Waals surface area contributed by atoms with Crippen LogP contribution in [0.25, 0.3) is 11.4 Å². The van der Waals surface area contributed by atoms with Crippen LogP contribution in [0.1, 0.15) is 12.2 Å². The highest BCUT2D eigenvalue weighted by Gasteiger charge is 2.17. The SMILES string of the molecule is O=CCCc1nc(-c2ccc(NC(=O)Nc3ccncc3)cc2)nc(N2CCOCC2)n1. The average Bonchev–Trinajstić information content (AvgIpc) is 2.84. The number of pyridine rings is 1. The lowest BCUT2D eigenvalue weighted by molar-refractivity contribution is -0.107. The number of aromatic nitrogens is 4. The zero-order valence-corrected chi connectivity index (χ0v) is 17.4. The lowest BCUT2D eigenvalue weighted by atomic mass is 10.2. The number of urea groups is 1. The van der Waals surface area contributed by atoms with Gasteiger partial charge in [0.05, 0.1) is 13.2 Å². The van der Waals surface area contributed by atoms with E-state index in [1.165, 1.54) is 0 Å². The van der Waals surface area contributed by atoms with Gasteiger partial charge in [-0.05, 0) is 36.4 Å². The van der Waals surface area contributed by atoms with Crippen LogP contribution in [0.4, 0.5) is 22.1 Å². The molecule has 0 bridgehead atoms. The Kier molecular flexibility index (Phi) is 6.93. The highest BCUT2D eigenvalue weighted by molar-refractivity contribution is 5.99. The van der Waals surface area contributed by atoms with Crippen LogP contribution in [0, 0.1) is 0 Å². The van der Waals surface area contributed by atoms with Crippen LogP contribution in [0.15, 0.2) is 48.8 Å². The van der Waals surface area contributed by atoms with Gasteiger partial charge in [0, 0.05) is 55.3 Å². The second-order valence-corrected chi connectivity index (χ2v) is 7.07. The molecule has 3 heterocycles. The Bertz CT molecular complexity index is 1050. The molecule has 1 fully saturated rings. The first-order valence-electron chi connectivity index (χ1n) is 10.3. The van der Waals surface area contributed by atoms with Crippen molar-refractivity contribution >= 4 is 29.6 Å². The molecule has 2 amide bonds. The number of aryl methyl sites for hydroxylation is 1. The number of anilines is 3. The third-order valence-electron chi connectivity index (χ3n) is 4.79. The fourth-order valence-electron chi connectivity index (χ4n) is 3.17. The van der Waals surface area contributed by atoms with Crippen molar-refractivity contribution in [2.24, 2.45) is 0 Å². The van der Waals surface area contributed by atoms with Crippen molar-refractivity contribution < 1.29 is 14.3 Å². The first kappa shape index (κ1) is 21.3. The van der Waals surface area contributed by atoms with E-state index in [2.05, 4.69) is 35.5 Å². The molecule has 0 atom stereocenters. The van der Waals surface area contributed by atoms with Crippen molar-refractivity contribution in [2.75, 3.05) is 41.8 Å².